The van der Waals surface area contributed by atoms with Crippen molar-refractivity contribution in [2.45, 2.75) is 38.3 Å². The van der Waals surface area contributed by atoms with Crippen LogP contribution in [0.2, 0.25) is 0 Å². The highest BCUT2D eigenvalue weighted by molar-refractivity contribution is 5.77. The molecule has 4 nitrogen and oxygen atoms in total. The highest BCUT2D eigenvalue weighted by Gasteiger charge is 2.31. The molecule has 3 N–H and O–H groups in total. The van der Waals surface area contributed by atoms with Crippen LogP contribution < -0.4 is 5.32 Å². The van der Waals surface area contributed by atoms with Gasteiger partial charge in [0.2, 0.25) is 5.91 Å². The molecule has 0 spiro atoms. The van der Waals surface area contributed by atoms with E-state index in [1.54, 1.807) is 0 Å². The van der Waals surface area contributed by atoms with Crippen molar-refractivity contribution in [2.24, 2.45) is 5.92 Å². The zero-order chi connectivity index (χ0) is 13.8. The van der Waals surface area contributed by atoms with Crippen molar-refractivity contribution in [1.29, 1.82) is 0 Å². The van der Waals surface area contributed by atoms with Crippen LogP contribution >= 0.6 is 0 Å². The molecular weight excluding hydrogens is 242 g/mol. The normalized spacial score (nSPS) is 22.9. The summed E-state index contributed by atoms with van der Waals surface area (Å²) >= 11 is 0. The Morgan fingerprint density at radius 2 is 2.21 bits per heavy atom. The van der Waals surface area contributed by atoms with Gasteiger partial charge in [-0.15, -0.1) is 0 Å². The molecule has 1 unspecified atom stereocenters. The van der Waals surface area contributed by atoms with Crippen LogP contribution in [0.5, 0.6) is 0 Å². The monoisotopic (exact) mass is 263 g/mol. The number of fused-ring (bicyclic) bond motifs is 1. The minimum atomic E-state index is -0.547. The fourth-order valence-electron chi connectivity index (χ4n) is 2.62. The smallest absolute Gasteiger partial charge is 0.220 e. The predicted molar refractivity (Wildman–Crippen MR) is 72.5 cm³/mol. The summed E-state index contributed by atoms with van der Waals surface area (Å²) in [6, 6.07) is 7.50. The average molecular weight is 263 g/mol. The molecule has 4 heteroatoms. The van der Waals surface area contributed by atoms with Crippen molar-refractivity contribution in [1.82, 2.24) is 5.32 Å². The average Bonchev–Trinajstić information content (AvgIpc) is 2.66. The largest absolute Gasteiger partial charge is 0.396 e. The van der Waals surface area contributed by atoms with Crippen molar-refractivity contribution < 1.29 is 15.0 Å². The van der Waals surface area contributed by atoms with E-state index in [-0.39, 0.29) is 24.5 Å². The highest BCUT2D eigenvalue weighted by atomic mass is 16.3. The maximum absolute atomic E-state index is 11.9. The van der Waals surface area contributed by atoms with Crippen molar-refractivity contribution >= 4 is 5.91 Å². The molecular formula is C15H21NO3. The maximum atomic E-state index is 11.9. The number of aliphatic hydroxyl groups excluding tert-OH is 2. The Bertz CT molecular complexity index is 447. The van der Waals surface area contributed by atoms with Gasteiger partial charge in [-0.25, -0.2) is 0 Å². The van der Waals surface area contributed by atoms with E-state index in [1.807, 2.05) is 31.2 Å². The first-order valence-corrected chi connectivity index (χ1v) is 6.78. The standard InChI is InChI=1S/C15H21NO3/c1-10(6-7-17)8-14(19)16-15-12-5-3-2-4-11(12)9-13(15)18/h2-5,10,13,15,17-18H,6-9H2,1H3,(H,16,19)/t10?,13-,15+/m1/s1. The number of hydrogen-bond acceptors (Lipinski definition) is 3. The van der Waals surface area contributed by atoms with Gasteiger partial charge in [0.05, 0.1) is 12.1 Å². The van der Waals surface area contributed by atoms with E-state index in [2.05, 4.69) is 5.32 Å². The van der Waals surface area contributed by atoms with E-state index >= 15 is 0 Å². The Kier molecular flexibility index (Phi) is 4.56. The van der Waals surface area contributed by atoms with Gasteiger partial charge in [0.15, 0.2) is 0 Å². The Labute approximate surface area is 113 Å². The third kappa shape index (κ3) is 3.33. The summed E-state index contributed by atoms with van der Waals surface area (Å²) in [5.41, 5.74) is 2.11. The van der Waals surface area contributed by atoms with Crippen LogP contribution in [0.3, 0.4) is 0 Å². The number of carbonyl (C=O) groups excluding carboxylic acids is 1. The maximum Gasteiger partial charge on any atom is 0.220 e. The van der Waals surface area contributed by atoms with E-state index in [9.17, 15) is 9.90 Å². The first-order chi connectivity index (χ1) is 9.11. The van der Waals surface area contributed by atoms with Crippen molar-refractivity contribution in [3.63, 3.8) is 0 Å². The third-order valence-electron chi connectivity index (χ3n) is 3.68. The Morgan fingerprint density at radius 3 is 2.95 bits per heavy atom. The zero-order valence-corrected chi connectivity index (χ0v) is 11.2. The third-order valence-corrected chi connectivity index (χ3v) is 3.68. The van der Waals surface area contributed by atoms with Gasteiger partial charge < -0.3 is 15.5 Å². The minimum Gasteiger partial charge on any atom is -0.396 e. The molecule has 0 bridgehead atoms. The van der Waals surface area contributed by atoms with Crippen LogP contribution in [0, 0.1) is 5.92 Å². The van der Waals surface area contributed by atoms with Crippen LogP contribution in [0.25, 0.3) is 0 Å². The highest BCUT2D eigenvalue weighted by Crippen LogP contribution is 2.31. The Morgan fingerprint density at radius 1 is 1.47 bits per heavy atom. The van der Waals surface area contributed by atoms with Gasteiger partial charge in [-0.1, -0.05) is 31.2 Å². The van der Waals surface area contributed by atoms with Crippen LogP contribution in [0.1, 0.15) is 36.9 Å². The molecule has 0 radical (unpaired) electrons. The lowest BCUT2D eigenvalue weighted by molar-refractivity contribution is -0.123. The molecule has 0 heterocycles. The summed E-state index contributed by atoms with van der Waals surface area (Å²) in [6.45, 7) is 2.04. The second-order valence-electron chi connectivity index (χ2n) is 5.34. The molecule has 0 aliphatic heterocycles. The number of hydrogen-bond donors (Lipinski definition) is 3. The first-order valence-electron chi connectivity index (χ1n) is 6.78. The van der Waals surface area contributed by atoms with Crippen molar-refractivity contribution in [3.05, 3.63) is 35.4 Å². The molecule has 1 aromatic carbocycles. The van der Waals surface area contributed by atoms with Gasteiger partial charge >= 0.3 is 0 Å². The van der Waals surface area contributed by atoms with E-state index in [0.29, 0.717) is 19.3 Å². The van der Waals surface area contributed by atoms with Gasteiger partial charge in [-0.2, -0.15) is 0 Å². The number of aliphatic hydroxyl groups is 2. The molecule has 1 aromatic rings. The molecule has 0 saturated carbocycles. The van der Waals surface area contributed by atoms with Gasteiger partial charge in [0.25, 0.3) is 0 Å². The molecule has 0 aromatic heterocycles. The lowest BCUT2D eigenvalue weighted by Crippen LogP contribution is -2.34. The van der Waals surface area contributed by atoms with Gasteiger partial charge in [-0.05, 0) is 23.5 Å². The van der Waals surface area contributed by atoms with E-state index in [1.165, 1.54) is 0 Å². The van der Waals surface area contributed by atoms with Crippen LogP contribution in [0.4, 0.5) is 0 Å². The predicted octanol–water partition coefficient (Wildman–Crippen LogP) is 1.17. The summed E-state index contributed by atoms with van der Waals surface area (Å²) < 4.78 is 0. The molecule has 0 saturated heterocycles. The Balaban J connectivity index is 1.97. The lowest BCUT2D eigenvalue weighted by Gasteiger charge is -2.19. The number of benzene rings is 1. The molecule has 104 valence electrons. The molecule has 0 fully saturated rings. The topological polar surface area (TPSA) is 69.6 Å². The fraction of sp³-hybridized carbons (Fsp3) is 0.533. The Hall–Kier alpha value is -1.39. The first kappa shape index (κ1) is 14.0. The number of nitrogens with one attached hydrogen (secondary N) is 1. The lowest BCUT2D eigenvalue weighted by atomic mass is 10.0. The molecule has 19 heavy (non-hydrogen) atoms. The van der Waals surface area contributed by atoms with Crippen LogP contribution in [-0.2, 0) is 11.2 Å². The van der Waals surface area contributed by atoms with E-state index in [4.69, 9.17) is 5.11 Å². The summed E-state index contributed by atoms with van der Waals surface area (Å²) in [5, 5.41) is 21.8. The fourth-order valence-corrected chi connectivity index (χ4v) is 2.62. The van der Waals surface area contributed by atoms with Crippen molar-refractivity contribution in [2.75, 3.05) is 6.61 Å². The zero-order valence-electron chi connectivity index (χ0n) is 11.2. The SMILES string of the molecule is CC(CCO)CC(=O)N[C@H]1c2ccccc2C[C@H]1O. The molecule has 1 aliphatic rings. The summed E-state index contributed by atoms with van der Waals surface area (Å²) in [7, 11) is 0. The van der Waals surface area contributed by atoms with E-state index in [0.717, 1.165) is 11.1 Å². The number of amides is 1. The van der Waals surface area contributed by atoms with Gasteiger partial charge in [-0.3, -0.25) is 4.79 Å². The second kappa shape index (κ2) is 6.17. The van der Waals surface area contributed by atoms with Crippen molar-refractivity contribution in [3.8, 4) is 0 Å². The summed E-state index contributed by atoms with van der Waals surface area (Å²) in [6.07, 6.45) is 1.05. The molecule has 1 amide bonds. The minimum absolute atomic E-state index is 0.0679. The van der Waals surface area contributed by atoms with E-state index < -0.39 is 6.10 Å². The second-order valence-corrected chi connectivity index (χ2v) is 5.34. The molecule has 1 aliphatic carbocycles. The molecule has 3 atom stereocenters. The summed E-state index contributed by atoms with van der Waals surface area (Å²) in [4.78, 5) is 11.9. The van der Waals surface area contributed by atoms with Gasteiger partial charge in [0.1, 0.15) is 0 Å². The summed E-state index contributed by atoms with van der Waals surface area (Å²) in [5.74, 6) is 0.0838. The van der Waals surface area contributed by atoms with Crippen LogP contribution in [-0.4, -0.2) is 28.8 Å². The number of carbonyl (C=O) groups is 1. The number of rotatable bonds is 5. The molecule has 2 rings (SSSR count). The van der Waals surface area contributed by atoms with Crippen LogP contribution in [0.15, 0.2) is 24.3 Å². The quantitative estimate of drug-likeness (QED) is 0.747. The van der Waals surface area contributed by atoms with Gasteiger partial charge in [0, 0.05) is 19.4 Å².